The summed E-state index contributed by atoms with van der Waals surface area (Å²) in [6.07, 6.45) is 1.63. The number of benzene rings is 1. The van der Waals surface area contributed by atoms with E-state index < -0.39 is 0 Å². The molecule has 0 aliphatic carbocycles. The predicted octanol–water partition coefficient (Wildman–Crippen LogP) is 3.29. The summed E-state index contributed by atoms with van der Waals surface area (Å²) in [5.74, 6) is 0. The number of nitrogens with zero attached hydrogens (tertiary/aromatic N) is 2. The van der Waals surface area contributed by atoms with E-state index in [-0.39, 0.29) is 16.7 Å². The fourth-order valence-electron chi connectivity index (χ4n) is 2.24. The predicted molar refractivity (Wildman–Crippen MR) is 82.7 cm³/mol. The van der Waals surface area contributed by atoms with Gasteiger partial charge in [-0.3, -0.25) is 15.1 Å². The number of non-ortho nitro benzene ring substituents is 1. The highest BCUT2D eigenvalue weighted by atomic mass is 16.6. The first kappa shape index (κ1) is 15.2. The molecule has 0 saturated heterocycles. The fraction of sp³-hybridized carbons (Fsp3) is 0.400. The van der Waals surface area contributed by atoms with Gasteiger partial charge in [-0.15, -0.1) is 0 Å². The van der Waals surface area contributed by atoms with Crippen molar-refractivity contribution in [3.8, 4) is 0 Å². The second-order valence-corrected chi connectivity index (χ2v) is 4.91. The highest BCUT2D eigenvalue weighted by Crippen LogP contribution is 2.31. The van der Waals surface area contributed by atoms with Gasteiger partial charge < -0.3 is 10.1 Å². The van der Waals surface area contributed by atoms with E-state index >= 15 is 0 Å². The minimum absolute atomic E-state index is 0.0703. The Kier molecular flexibility index (Phi) is 4.70. The van der Waals surface area contributed by atoms with Crippen molar-refractivity contribution < 1.29 is 9.66 Å². The van der Waals surface area contributed by atoms with Crippen LogP contribution in [0, 0.1) is 17.0 Å². The van der Waals surface area contributed by atoms with Gasteiger partial charge in [0.2, 0.25) is 0 Å². The zero-order chi connectivity index (χ0) is 15.4. The van der Waals surface area contributed by atoms with Crippen LogP contribution in [0.5, 0.6) is 0 Å². The van der Waals surface area contributed by atoms with Crippen LogP contribution in [-0.2, 0) is 4.74 Å². The van der Waals surface area contributed by atoms with E-state index in [1.165, 1.54) is 6.07 Å². The average molecular weight is 289 g/mol. The lowest BCUT2D eigenvalue weighted by atomic mass is 10.1. The minimum Gasteiger partial charge on any atom is -0.382 e. The first-order chi connectivity index (χ1) is 10.0. The van der Waals surface area contributed by atoms with Gasteiger partial charge in [-0.25, -0.2) is 0 Å². The molecular formula is C15H19N3O3. The van der Waals surface area contributed by atoms with Gasteiger partial charge in [0.05, 0.1) is 16.4 Å². The van der Waals surface area contributed by atoms with E-state index in [9.17, 15) is 10.1 Å². The molecule has 1 aromatic carbocycles. The van der Waals surface area contributed by atoms with Crippen molar-refractivity contribution in [2.75, 3.05) is 18.5 Å². The molecule has 1 heterocycles. The molecule has 0 fully saturated rings. The number of pyridine rings is 1. The third-order valence-corrected chi connectivity index (χ3v) is 3.24. The van der Waals surface area contributed by atoms with Crippen molar-refractivity contribution in [1.29, 1.82) is 0 Å². The van der Waals surface area contributed by atoms with E-state index in [1.54, 1.807) is 12.3 Å². The van der Waals surface area contributed by atoms with Gasteiger partial charge >= 0.3 is 0 Å². The number of hydrogen-bond donors (Lipinski definition) is 1. The first-order valence-corrected chi connectivity index (χ1v) is 6.92. The van der Waals surface area contributed by atoms with Crippen molar-refractivity contribution in [1.82, 2.24) is 4.98 Å². The third kappa shape index (κ3) is 3.46. The van der Waals surface area contributed by atoms with E-state index in [1.807, 2.05) is 26.8 Å². The van der Waals surface area contributed by atoms with Gasteiger partial charge in [0.25, 0.3) is 5.69 Å². The maximum atomic E-state index is 11.1. The smallest absolute Gasteiger partial charge is 0.278 e. The summed E-state index contributed by atoms with van der Waals surface area (Å²) in [5.41, 5.74) is 1.75. The van der Waals surface area contributed by atoms with Crippen LogP contribution in [0.3, 0.4) is 0 Å². The Hall–Kier alpha value is -2.21. The topological polar surface area (TPSA) is 77.3 Å². The quantitative estimate of drug-likeness (QED) is 0.652. The van der Waals surface area contributed by atoms with Crippen molar-refractivity contribution >= 4 is 22.1 Å². The molecule has 0 spiro atoms. The Morgan fingerprint density at radius 2 is 2.19 bits per heavy atom. The lowest BCUT2D eigenvalue weighted by molar-refractivity contribution is -0.383. The molecule has 2 rings (SSSR count). The van der Waals surface area contributed by atoms with Crippen LogP contribution in [-0.4, -0.2) is 29.2 Å². The van der Waals surface area contributed by atoms with Gasteiger partial charge in [0, 0.05) is 42.2 Å². The largest absolute Gasteiger partial charge is 0.382 e. The Labute approximate surface area is 123 Å². The number of aryl methyl sites for hydroxylation is 1. The van der Waals surface area contributed by atoms with E-state index in [2.05, 4.69) is 10.3 Å². The Morgan fingerprint density at radius 3 is 2.86 bits per heavy atom. The fourth-order valence-corrected chi connectivity index (χ4v) is 2.24. The van der Waals surface area contributed by atoms with Crippen molar-refractivity contribution in [2.24, 2.45) is 0 Å². The standard InChI is InChI=1S/C15H19N3O3/c1-4-21-11(3)8-17-14-5-6-15(18(19)20)13-9-16-10(2)7-12(13)14/h5-7,9,11,17H,4,8H2,1-3H3. The van der Waals surface area contributed by atoms with Crippen molar-refractivity contribution in [2.45, 2.75) is 26.9 Å². The highest BCUT2D eigenvalue weighted by Gasteiger charge is 2.15. The second-order valence-electron chi connectivity index (χ2n) is 4.91. The van der Waals surface area contributed by atoms with Crippen molar-refractivity contribution in [3.63, 3.8) is 0 Å². The molecule has 0 aliphatic rings. The summed E-state index contributed by atoms with van der Waals surface area (Å²) >= 11 is 0. The molecule has 0 saturated carbocycles. The van der Waals surface area contributed by atoms with Crippen LogP contribution >= 0.6 is 0 Å². The number of aromatic nitrogens is 1. The lowest BCUT2D eigenvalue weighted by Gasteiger charge is -2.15. The number of nitro groups is 1. The maximum Gasteiger partial charge on any atom is 0.278 e. The Bertz CT molecular complexity index is 658. The summed E-state index contributed by atoms with van der Waals surface area (Å²) < 4.78 is 5.48. The summed E-state index contributed by atoms with van der Waals surface area (Å²) in [6.45, 7) is 7.10. The van der Waals surface area contributed by atoms with Gasteiger partial charge in [0.1, 0.15) is 0 Å². The molecule has 1 atom stereocenters. The second kappa shape index (κ2) is 6.49. The molecule has 0 amide bonds. The zero-order valence-corrected chi connectivity index (χ0v) is 12.4. The van der Waals surface area contributed by atoms with E-state index in [4.69, 9.17) is 4.74 Å². The average Bonchev–Trinajstić information content (AvgIpc) is 2.44. The lowest BCUT2D eigenvalue weighted by Crippen LogP contribution is -2.19. The SMILES string of the molecule is CCOC(C)CNc1ccc([N+](=O)[O-])c2cnc(C)cc12. The van der Waals surface area contributed by atoms with Crippen LogP contribution in [0.25, 0.3) is 10.8 Å². The number of anilines is 1. The van der Waals surface area contributed by atoms with Gasteiger partial charge in [-0.1, -0.05) is 0 Å². The molecule has 112 valence electrons. The number of nitro benzene ring substituents is 1. The van der Waals surface area contributed by atoms with Gasteiger partial charge in [0.15, 0.2) is 0 Å². The maximum absolute atomic E-state index is 11.1. The minimum atomic E-state index is -0.383. The van der Waals surface area contributed by atoms with Gasteiger partial charge in [-0.2, -0.15) is 0 Å². The molecule has 6 heteroatoms. The number of ether oxygens (including phenoxy) is 1. The van der Waals surface area contributed by atoms with Crippen LogP contribution in [0.2, 0.25) is 0 Å². The zero-order valence-electron chi connectivity index (χ0n) is 12.4. The Morgan fingerprint density at radius 1 is 1.43 bits per heavy atom. The normalized spacial score (nSPS) is 12.3. The summed E-state index contributed by atoms with van der Waals surface area (Å²) in [6, 6.07) is 5.10. The molecule has 0 aliphatic heterocycles. The summed E-state index contributed by atoms with van der Waals surface area (Å²) in [7, 11) is 0. The first-order valence-electron chi connectivity index (χ1n) is 6.92. The van der Waals surface area contributed by atoms with Crippen molar-refractivity contribution in [3.05, 3.63) is 40.2 Å². The summed E-state index contributed by atoms with van der Waals surface area (Å²) in [4.78, 5) is 14.9. The number of rotatable bonds is 6. The highest BCUT2D eigenvalue weighted by molar-refractivity contribution is 5.99. The molecule has 2 aromatic rings. The molecule has 0 radical (unpaired) electrons. The summed E-state index contributed by atoms with van der Waals surface area (Å²) in [5, 5.41) is 15.7. The monoisotopic (exact) mass is 289 g/mol. The molecule has 6 nitrogen and oxygen atoms in total. The molecule has 0 bridgehead atoms. The molecule has 1 N–H and O–H groups in total. The van der Waals surface area contributed by atoms with Crippen LogP contribution in [0.4, 0.5) is 11.4 Å². The number of fused-ring (bicyclic) bond motifs is 1. The van der Waals surface area contributed by atoms with E-state index in [0.717, 1.165) is 16.8 Å². The molecule has 1 unspecified atom stereocenters. The molecule has 21 heavy (non-hydrogen) atoms. The van der Waals surface area contributed by atoms with Crippen LogP contribution in [0.1, 0.15) is 19.5 Å². The number of nitrogens with one attached hydrogen (secondary N) is 1. The van der Waals surface area contributed by atoms with E-state index in [0.29, 0.717) is 18.5 Å². The molecule has 1 aromatic heterocycles. The Balaban J connectivity index is 2.38. The van der Waals surface area contributed by atoms with Crippen LogP contribution in [0.15, 0.2) is 24.4 Å². The number of hydrogen-bond acceptors (Lipinski definition) is 5. The van der Waals surface area contributed by atoms with Gasteiger partial charge in [-0.05, 0) is 32.9 Å². The van der Waals surface area contributed by atoms with Crippen LogP contribution < -0.4 is 5.32 Å². The third-order valence-electron chi connectivity index (χ3n) is 3.24. The molecular weight excluding hydrogens is 270 g/mol.